The maximum absolute atomic E-state index is 11.0. The van der Waals surface area contributed by atoms with Gasteiger partial charge in [0.25, 0.3) is 5.69 Å². The van der Waals surface area contributed by atoms with Gasteiger partial charge in [-0.05, 0) is 38.1 Å². The molecule has 148 valence electrons. The Labute approximate surface area is 167 Å². The summed E-state index contributed by atoms with van der Waals surface area (Å²) in [4.78, 5) is 10.6. The van der Waals surface area contributed by atoms with Crippen LogP contribution in [0.5, 0.6) is 5.75 Å². The minimum Gasteiger partial charge on any atom is -0.508 e. The van der Waals surface area contributed by atoms with Gasteiger partial charge >= 0.3 is 0 Å². The average Bonchev–Trinajstić information content (AvgIpc) is 3.22. The summed E-state index contributed by atoms with van der Waals surface area (Å²) in [6.07, 6.45) is 0.633. The van der Waals surface area contributed by atoms with Crippen LogP contribution in [0.2, 0.25) is 0 Å². The summed E-state index contributed by atoms with van der Waals surface area (Å²) in [7, 11) is 1.91. The number of rotatable bonds is 4. The molecule has 8 heteroatoms. The highest BCUT2D eigenvalue weighted by Gasteiger charge is 2.33. The van der Waals surface area contributed by atoms with E-state index in [-0.39, 0.29) is 17.5 Å². The van der Waals surface area contributed by atoms with Crippen molar-refractivity contribution in [3.05, 3.63) is 81.2 Å². The highest BCUT2D eigenvalue weighted by molar-refractivity contribution is 6.03. The van der Waals surface area contributed by atoms with Gasteiger partial charge < -0.3 is 5.11 Å². The molecule has 0 spiro atoms. The molecule has 0 aliphatic carbocycles. The number of anilines is 1. The van der Waals surface area contributed by atoms with Crippen molar-refractivity contribution in [2.75, 3.05) is 5.01 Å². The van der Waals surface area contributed by atoms with Crippen LogP contribution in [0.3, 0.4) is 0 Å². The second kappa shape index (κ2) is 7.05. The van der Waals surface area contributed by atoms with E-state index in [9.17, 15) is 15.2 Å². The number of hydrogen-bond donors (Lipinski definition) is 1. The fourth-order valence-electron chi connectivity index (χ4n) is 3.83. The van der Waals surface area contributed by atoms with Gasteiger partial charge in [-0.15, -0.1) is 0 Å². The van der Waals surface area contributed by atoms with Crippen molar-refractivity contribution in [3.63, 3.8) is 0 Å². The number of benzene rings is 2. The molecule has 2 heterocycles. The van der Waals surface area contributed by atoms with E-state index in [1.54, 1.807) is 30.3 Å². The highest BCUT2D eigenvalue weighted by Crippen LogP contribution is 2.39. The van der Waals surface area contributed by atoms with Crippen LogP contribution in [0.1, 0.15) is 35.0 Å². The summed E-state index contributed by atoms with van der Waals surface area (Å²) >= 11 is 0. The Kier molecular flexibility index (Phi) is 4.54. The number of nitro benzene ring substituents is 1. The number of aromatic nitrogens is 2. The van der Waals surface area contributed by atoms with E-state index in [0.717, 1.165) is 33.9 Å². The van der Waals surface area contributed by atoms with E-state index in [0.29, 0.717) is 6.42 Å². The number of nitrogens with zero attached hydrogens (tertiary/aromatic N) is 5. The van der Waals surface area contributed by atoms with Gasteiger partial charge in [0.1, 0.15) is 5.75 Å². The van der Waals surface area contributed by atoms with Crippen LogP contribution in [-0.2, 0) is 7.05 Å². The highest BCUT2D eigenvalue weighted by atomic mass is 16.6. The Balaban J connectivity index is 1.80. The van der Waals surface area contributed by atoms with Gasteiger partial charge in [0.15, 0.2) is 0 Å². The molecule has 0 fully saturated rings. The molecular formula is C21H21N5O3. The molecule has 1 N–H and O–H groups in total. The van der Waals surface area contributed by atoms with Crippen molar-refractivity contribution in [1.29, 1.82) is 0 Å². The van der Waals surface area contributed by atoms with Crippen LogP contribution in [0.4, 0.5) is 11.4 Å². The first kappa shape index (κ1) is 18.7. The van der Waals surface area contributed by atoms with E-state index >= 15 is 0 Å². The normalized spacial score (nSPS) is 16.2. The number of phenols is 1. The lowest BCUT2D eigenvalue weighted by molar-refractivity contribution is -0.384. The van der Waals surface area contributed by atoms with Crippen molar-refractivity contribution >= 4 is 17.1 Å². The van der Waals surface area contributed by atoms with Crippen molar-refractivity contribution in [2.45, 2.75) is 26.3 Å². The fraction of sp³-hybridized carbons (Fsp3) is 0.238. The fourth-order valence-corrected chi connectivity index (χ4v) is 3.83. The van der Waals surface area contributed by atoms with Crippen LogP contribution in [-0.4, -0.2) is 25.5 Å². The van der Waals surface area contributed by atoms with Crippen LogP contribution in [0.15, 0.2) is 53.6 Å². The number of aryl methyl sites for hydroxylation is 2. The van der Waals surface area contributed by atoms with Gasteiger partial charge in [0.2, 0.25) is 0 Å². The number of phenolic OH excluding ortho intramolecular Hbond substituents is 1. The lowest BCUT2D eigenvalue weighted by Crippen LogP contribution is -2.20. The summed E-state index contributed by atoms with van der Waals surface area (Å²) in [6, 6.07) is 13.3. The Morgan fingerprint density at radius 2 is 1.90 bits per heavy atom. The molecule has 0 saturated heterocycles. The van der Waals surface area contributed by atoms with Crippen molar-refractivity contribution in [2.24, 2.45) is 12.1 Å². The Morgan fingerprint density at radius 1 is 1.17 bits per heavy atom. The zero-order valence-electron chi connectivity index (χ0n) is 16.4. The molecule has 0 saturated carbocycles. The van der Waals surface area contributed by atoms with Crippen LogP contribution < -0.4 is 5.01 Å². The molecule has 29 heavy (non-hydrogen) atoms. The zero-order valence-corrected chi connectivity index (χ0v) is 16.4. The lowest BCUT2D eigenvalue weighted by Gasteiger charge is -2.24. The number of aromatic hydroxyl groups is 1. The molecule has 8 nitrogen and oxygen atoms in total. The molecule has 1 aliphatic heterocycles. The van der Waals surface area contributed by atoms with E-state index in [1.807, 2.05) is 36.7 Å². The topological polar surface area (TPSA) is 96.8 Å². The summed E-state index contributed by atoms with van der Waals surface area (Å²) in [6.45, 7) is 4.00. The van der Waals surface area contributed by atoms with E-state index < -0.39 is 4.92 Å². The summed E-state index contributed by atoms with van der Waals surface area (Å²) < 4.78 is 1.85. The van der Waals surface area contributed by atoms with E-state index in [1.165, 1.54) is 12.1 Å². The molecular weight excluding hydrogens is 370 g/mol. The summed E-state index contributed by atoms with van der Waals surface area (Å²) in [5, 5.41) is 32.1. The molecule has 0 bridgehead atoms. The molecule has 3 aromatic rings. The monoisotopic (exact) mass is 391 g/mol. The van der Waals surface area contributed by atoms with Gasteiger partial charge in [0, 0.05) is 42.4 Å². The Hall–Kier alpha value is -3.68. The molecule has 1 aliphatic rings. The largest absolute Gasteiger partial charge is 0.508 e. The summed E-state index contributed by atoms with van der Waals surface area (Å²) in [5.74, 6) is 0.185. The minimum atomic E-state index is -0.415. The van der Waals surface area contributed by atoms with Crippen molar-refractivity contribution in [1.82, 2.24) is 9.78 Å². The smallest absolute Gasteiger partial charge is 0.269 e. The van der Waals surface area contributed by atoms with Gasteiger partial charge in [-0.3, -0.25) is 19.8 Å². The maximum Gasteiger partial charge on any atom is 0.269 e. The SMILES string of the molecule is Cc1nn(C)c(C)c1C1CC(c2cccc(O)c2)=NN1c1ccc([N+](=O)[O-])cc1. The molecule has 0 amide bonds. The summed E-state index contributed by atoms with van der Waals surface area (Å²) in [5.41, 5.74) is 5.55. The number of nitro groups is 1. The van der Waals surface area contributed by atoms with E-state index in [4.69, 9.17) is 5.10 Å². The molecule has 4 rings (SSSR count). The van der Waals surface area contributed by atoms with Crippen LogP contribution >= 0.6 is 0 Å². The average molecular weight is 391 g/mol. The third kappa shape index (κ3) is 3.33. The maximum atomic E-state index is 11.0. The van der Waals surface area contributed by atoms with Crippen LogP contribution in [0, 0.1) is 24.0 Å². The third-order valence-corrected chi connectivity index (χ3v) is 5.31. The Morgan fingerprint density at radius 3 is 2.48 bits per heavy atom. The van der Waals surface area contributed by atoms with E-state index in [2.05, 4.69) is 5.10 Å². The Bertz CT molecular complexity index is 1120. The van der Waals surface area contributed by atoms with Gasteiger partial charge in [-0.1, -0.05) is 12.1 Å². The van der Waals surface area contributed by atoms with Gasteiger partial charge in [0.05, 0.1) is 28.1 Å². The predicted molar refractivity (Wildman–Crippen MR) is 110 cm³/mol. The first-order chi connectivity index (χ1) is 13.8. The van der Waals surface area contributed by atoms with Crippen molar-refractivity contribution in [3.8, 4) is 5.75 Å². The molecule has 1 aromatic heterocycles. The van der Waals surface area contributed by atoms with Gasteiger partial charge in [-0.2, -0.15) is 10.2 Å². The number of hydrazone groups is 1. The number of non-ortho nitro benzene ring substituents is 1. The quantitative estimate of drug-likeness (QED) is 0.535. The first-order valence-corrected chi connectivity index (χ1v) is 9.26. The predicted octanol–water partition coefficient (Wildman–Crippen LogP) is 4.01. The van der Waals surface area contributed by atoms with Crippen molar-refractivity contribution < 1.29 is 10.0 Å². The number of hydrogen-bond acceptors (Lipinski definition) is 6. The second-order valence-corrected chi connectivity index (χ2v) is 7.14. The van der Waals surface area contributed by atoms with Gasteiger partial charge in [-0.25, -0.2) is 0 Å². The molecule has 2 aromatic carbocycles. The molecule has 1 atom stereocenters. The minimum absolute atomic E-state index is 0.0374. The van der Waals surface area contributed by atoms with Crippen LogP contribution in [0.25, 0.3) is 0 Å². The third-order valence-electron chi connectivity index (χ3n) is 5.31. The molecule has 1 unspecified atom stereocenters. The second-order valence-electron chi connectivity index (χ2n) is 7.14. The lowest BCUT2D eigenvalue weighted by atomic mass is 9.96. The molecule has 0 radical (unpaired) electrons. The zero-order chi connectivity index (χ0) is 20.7. The first-order valence-electron chi connectivity index (χ1n) is 9.26. The standard InChI is InChI=1S/C21H21N5O3/c1-13-21(14(2)24(3)22-13)20-12-19(15-5-4-6-18(27)11-15)23-25(20)16-7-9-17(10-8-16)26(28)29/h4-11,20,27H,12H2,1-3H3.